The molecule has 0 saturated carbocycles. The fraction of sp³-hybridized carbons (Fsp3) is 0.500. The summed E-state index contributed by atoms with van der Waals surface area (Å²) >= 11 is 0. The Labute approximate surface area is 100 Å². The third-order valence-electron chi connectivity index (χ3n) is 3.50. The normalized spacial score (nSPS) is 20.8. The molecule has 0 saturated heterocycles. The highest BCUT2D eigenvalue weighted by Gasteiger charge is 2.49. The Hall–Kier alpha value is -1.55. The van der Waals surface area contributed by atoms with Gasteiger partial charge in [-0.1, -0.05) is 17.2 Å². The standard InChI is InChI=1S/C12H15N4O/c1-11(2)9-6-5-8(14-15-13)7-10(9)12(3,4)16(11)17/h5-7H,1-4H3. The number of hydroxylamine groups is 2. The number of hydrogen-bond donors (Lipinski definition) is 0. The Morgan fingerprint density at radius 2 is 1.76 bits per heavy atom. The predicted molar refractivity (Wildman–Crippen MR) is 63.8 cm³/mol. The molecule has 2 rings (SSSR count). The summed E-state index contributed by atoms with van der Waals surface area (Å²) in [6.45, 7) is 7.57. The van der Waals surface area contributed by atoms with Crippen LogP contribution in [0.15, 0.2) is 23.3 Å². The summed E-state index contributed by atoms with van der Waals surface area (Å²) in [7, 11) is 0. The molecule has 0 aliphatic carbocycles. The molecule has 0 atom stereocenters. The highest BCUT2D eigenvalue weighted by Crippen LogP contribution is 2.49. The highest BCUT2D eigenvalue weighted by atomic mass is 16.5. The van der Waals surface area contributed by atoms with Crippen molar-refractivity contribution in [3.63, 3.8) is 0 Å². The largest absolute Gasteiger partial charge is 0.135 e. The lowest BCUT2D eigenvalue weighted by Crippen LogP contribution is -2.41. The van der Waals surface area contributed by atoms with Crippen molar-refractivity contribution in [1.82, 2.24) is 5.06 Å². The minimum atomic E-state index is -0.597. The van der Waals surface area contributed by atoms with Gasteiger partial charge in [-0.15, -0.1) is 10.3 Å². The molecular weight excluding hydrogens is 216 g/mol. The molecule has 1 aromatic rings. The maximum absolute atomic E-state index is 12.3. The Bertz CT molecular complexity index is 515. The first-order valence-corrected chi connectivity index (χ1v) is 5.49. The second-order valence-corrected chi connectivity index (χ2v) is 5.33. The lowest BCUT2D eigenvalue weighted by atomic mass is 9.90. The van der Waals surface area contributed by atoms with E-state index in [2.05, 4.69) is 10.0 Å². The van der Waals surface area contributed by atoms with Crippen molar-refractivity contribution in [1.29, 1.82) is 0 Å². The van der Waals surface area contributed by atoms with Gasteiger partial charge in [0.15, 0.2) is 0 Å². The average molecular weight is 231 g/mol. The second-order valence-electron chi connectivity index (χ2n) is 5.33. The first kappa shape index (κ1) is 11.9. The van der Waals surface area contributed by atoms with E-state index < -0.39 is 11.1 Å². The summed E-state index contributed by atoms with van der Waals surface area (Å²) in [5, 5.41) is 17.0. The molecule has 0 bridgehead atoms. The van der Waals surface area contributed by atoms with Crippen molar-refractivity contribution in [2.24, 2.45) is 5.11 Å². The van der Waals surface area contributed by atoms with Crippen molar-refractivity contribution < 1.29 is 5.21 Å². The molecule has 0 spiro atoms. The molecule has 1 heterocycles. The molecule has 5 nitrogen and oxygen atoms in total. The molecule has 0 unspecified atom stereocenters. The zero-order chi connectivity index (χ0) is 12.8. The lowest BCUT2D eigenvalue weighted by molar-refractivity contribution is -0.266. The van der Waals surface area contributed by atoms with Crippen molar-refractivity contribution in [3.05, 3.63) is 39.8 Å². The molecule has 0 aromatic heterocycles. The third-order valence-corrected chi connectivity index (χ3v) is 3.50. The van der Waals surface area contributed by atoms with Crippen molar-refractivity contribution in [2.45, 2.75) is 38.8 Å². The minimum absolute atomic E-state index is 0.547. The zero-order valence-electron chi connectivity index (χ0n) is 10.4. The van der Waals surface area contributed by atoms with Crippen LogP contribution >= 0.6 is 0 Å². The second kappa shape index (κ2) is 3.47. The van der Waals surface area contributed by atoms with Crippen LogP contribution in [0.1, 0.15) is 38.8 Å². The van der Waals surface area contributed by atoms with Gasteiger partial charge in [0.1, 0.15) is 0 Å². The first-order chi connectivity index (χ1) is 7.81. The molecule has 5 heteroatoms. The monoisotopic (exact) mass is 231 g/mol. The first-order valence-electron chi connectivity index (χ1n) is 5.49. The summed E-state index contributed by atoms with van der Waals surface area (Å²) in [6, 6.07) is 5.42. The topological polar surface area (TPSA) is 71.9 Å². The van der Waals surface area contributed by atoms with Gasteiger partial charge >= 0.3 is 0 Å². The van der Waals surface area contributed by atoms with Crippen LogP contribution in [0.5, 0.6) is 0 Å². The molecule has 0 fully saturated rings. The van der Waals surface area contributed by atoms with Gasteiger partial charge in [0, 0.05) is 10.6 Å². The number of azide groups is 1. The average Bonchev–Trinajstić information content (AvgIpc) is 2.39. The maximum atomic E-state index is 12.3. The van der Waals surface area contributed by atoms with Crippen LogP contribution in [0.4, 0.5) is 5.69 Å². The van der Waals surface area contributed by atoms with Crippen LogP contribution in [-0.4, -0.2) is 5.06 Å². The molecule has 89 valence electrons. The smallest absolute Gasteiger partial charge is 0.0699 e. The Morgan fingerprint density at radius 3 is 2.35 bits per heavy atom. The lowest BCUT2D eigenvalue weighted by Gasteiger charge is -2.32. The molecule has 0 N–H and O–H groups in total. The maximum Gasteiger partial charge on any atom is 0.0699 e. The van der Waals surface area contributed by atoms with Crippen LogP contribution in [0.2, 0.25) is 0 Å². The SMILES string of the molecule is CC1(C)c2ccc(N=[N+]=[N-])cc2C(C)(C)N1[O]. The zero-order valence-corrected chi connectivity index (χ0v) is 10.4. The van der Waals surface area contributed by atoms with Crippen molar-refractivity contribution >= 4 is 5.69 Å². The molecule has 17 heavy (non-hydrogen) atoms. The van der Waals surface area contributed by atoms with Gasteiger partial charge in [-0.3, -0.25) is 0 Å². The van der Waals surface area contributed by atoms with E-state index in [-0.39, 0.29) is 0 Å². The number of hydrogen-bond acceptors (Lipinski definition) is 2. The quantitative estimate of drug-likeness (QED) is 0.412. The van der Waals surface area contributed by atoms with E-state index in [1.54, 1.807) is 12.1 Å². The number of benzene rings is 1. The van der Waals surface area contributed by atoms with Gasteiger partial charge in [-0.25, -0.2) is 0 Å². The highest BCUT2D eigenvalue weighted by molar-refractivity contribution is 5.51. The van der Waals surface area contributed by atoms with Crippen LogP contribution < -0.4 is 0 Å². The van der Waals surface area contributed by atoms with E-state index >= 15 is 0 Å². The summed E-state index contributed by atoms with van der Waals surface area (Å²) < 4.78 is 0. The molecular formula is C12H15N4O. The minimum Gasteiger partial charge on any atom is -0.135 e. The van der Waals surface area contributed by atoms with Crippen molar-refractivity contribution in [2.75, 3.05) is 0 Å². The summed E-state index contributed by atoms with van der Waals surface area (Å²) in [5.41, 5.74) is 9.77. The summed E-state index contributed by atoms with van der Waals surface area (Å²) in [5.74, 6) is 0. The molecule has 1 aliphatic heterocycles. The summed E-state index contributed by atoms with van der Waals surface area (Å²) in [6.07, 6.45) is 0. The fourth-order valence-electron chi connectivity index (χ4n) is 2.60. The molecule has 1 aromatic carbocycles. The van der Waals surface area contributed by atoms with Crippen LogP contribution in [0.3, 0.4) is 0 Å². The summed E-state index contributed by atoms with van der Waals surface area (Å²) in [4.78, 5) is 2.77. The van der Waals surface area contributed by atoms with Crippen LogP contribution in [0.25, 0.3) is 10.4 Å². The molecule has 0 amide bonds. The Balaban J connectivity index is 2.68. The fourth-order valence-corrected chi connectivity index (χ4v) is 2.60. The third kappa shape index (κ3) is 1.52. The Morgan fingerprint density at radius 1 is 1.18 bits per heavy atom. The number of nitrogens with zero attached hydrogens (tertiary/aromatic N) is 4. The molecule has 1 radical (unpaired) electrons. The van der Waals surface area contributed by atoms with Gasteiger partial charge in [-0.05, 0) is 50.4 Å². The van der Waals surface area contributed by atoms with Gasteiger partial charge in [0.2, 0.25) is 0 Å². The van der Waals surface area contributed by atoms with Crippen molar-refractivity contribution in [3.8, 4) is 0 Å². The predicted octanol–water partition coefficient (Wildman–Crippen LogP) is 3.76. The van der Waals surface area contributed by atoms with E-state index in [1.165, 1.54) is 0 Å². The van der Waals surface area contributed by atoms with Gasteiger partial charge in [0.05, 0.1) is 11.1 Å². The number of fused-ring (bicyclic) bond motifs is 1. The van der Waals surface area contributed by atoms with E-state index in [1.807, 2.05) is 33.8 Å². The van der Waals surface area contributed by atoms with E-state index in [9.17, 15) is 5.21 Å². The van der Waals surface area contributed by atoms with E-state index in [4.69, 9.17) is 5.53 Å². The van der Waals surface area contributed by atoms with E-state index in [0.717, 1.165) is 16.2 Å². The molecule has 1 aliphatic rings. The Kier molecular flexibility index (Phi) is 2.43. The van der Waals surface area contributed by atoms with Gasteiger partial charge in [0.25, 0.3) is 0 Å². The van der Waals surface area contributed by atoms with Crippen LogP contribution in [0, 0.1) is 0 Å². The van der Waals surface area contributed by atoms with Gasteiger partial charge in [-0.2, -0.15) is 0 Å². The number of rotatable bonds is 1. The van der Waals surface area contributed by atoms with Crippen LogP contribution in [-0.2, 0) is 16.3 Å². The van der Waals surface area contributed by atoms with Gasteiger partial charge < -0.3 is 0 Å². The van der Waals surface area contributed by atoms with E-state index in [0.29, 0.717) is 5.69 Å².